The zero-order chi connectivity index (χ0) is 24.7. The van der Waals surface area contributed by atoms with Crippen LogP contribution in [0.4, 0.5) is 23.7 Å². The van der Waals surface area contributed by atoms with Gasteiger partial charge >= 0.3 is 12.2 Å². The van der Waals surface area contributed by atoms with E-state index in [-0.39, 0.29) is 13.1 Å². The molecule has 0 spiro atoms. The number of imide groups is 1. The van der Waals surface area contributed by atoms with E-state index < -0.39 is 41.7 Å². The molecule has 180 valence electrons. The van der Waals surface area contributed by atoms with Crippen molar-refractivity contribution in [1.29, 1.82) is 0 Å². The van der Waals surface area contributed by atoms with Crippen LogP contribution in [0, 0.1) is 0 Å². The quantitative estimate of drug-likeness (QED) is 0.661. The number of halogens is 4. The number of alkyl halides is 3. The Balaban J connectivity index is 1.38. The molecular formula is C23H22ClF3N4O3. The Bertz CT molecular complexity index is 1120. The van der Waals surface area contributed by atoms with Crippen molar-refractivity contribution in [3.8, 4) is 0 Å². The zero-order valence-electron chi connectivity index (χ0n) is 18.2. The molecule has 4 amide bonds. The number of piperazine rings is 1. The summed E-state index contributed by atoms with van der Waals surface area (Å²) in [7, 11) is 0. The minimum Gasteiger partial charge on any atom is -0.368 e. The fourth-order valence-corrected chi connectivity index (χ4v) is 4.27. The van der Waals surface area contributed by atoms with Crippen LogP contribution in [0.15, 0.2) is 48.5 Å². The molecule has 1 N–H and O–H groups in total. The van der Waals surface area contributed by atoms with Crippen molar-refractivity contribution in [2.24, 2.45) is 0 Å². The van der Waals surface area contributed by atoms with Gasteiger partial charge in [-0.1, -0.05) is 29.8 Å². The molecule has 0 saturated carbocycles. The van der Waals surface area contributed by atoms with Gasteiger partial charge < -0.3 is 15.1 Å². The van der Waals surface area contributed by atoms with Crippen LogP contribution in [-0.4, -0.2) is 60.4 Å². The Morgan fingerprint density at radius 3 is 2.32 bits per heavy atom. The van der Waals surface area contributed by atoms with Crippen LogP contribution in [0.1, 0.15) is 18.1 Å². The van der Waals surface area contributed by atoms with Gasteiger partial charge in [-0.2, -0.15) is 13.2 Å². The van der Waals surface area contributed by atoms with E-state index in [9.17, 15) is 27.6 Å². The highest BCUT2D eigenvalue weighted by atomic mass is 35.5. The van der Waals surface area contributed by atoms with Crippen molar-refractivity contribution in [3.05, 3.63) is 64.7 Å². The van der Waals surface area contributed by atoms with Crippen LogP contribution in [0.5, 0.6) is 0 Å². The van der Waals surface area contributed by atoms with Crippen LogP contribution >= 0.6 is 11.6 Å². The number of rotatable bonds is 4. The largest absolute Gasteiger partial charge is 0.416 e. The highest BCUT2D eigenvalue weighted by Crippen LogP contribution is 2.32. The van der Waals surface area contributed by atoms with Gasteiger partial charge in [-0.15, -0.1) is 0 Å². The molecule has 7 nitrogen and oxygen atoms in total. The van der Waals surface area contributed by atoms with Gasteiger partial charge in [-0.25, -0.2) is 4.79 Å². The molecule has 2 aliphatic rings. The number of hydrogen-bond acceptors (Lipinski definition) is 4. The van der Waals surface area contributed by atoms with E-state index in [0.717, 1.165) is 17.0 Å². The van der Waals surface area contributed by atoms with E-state index in [4.69, 9.17) is 11.6 Å². The summed E-state index contributed by atoms with van der Waals surface area (Å²) in [5, 5.41) is 3.13. The van der Waals surface area contributed by atoms with E-state index in [0.29, 0.717) is 29.4 Å². The van der Waals surface area contributed by atoms with E-state index >= 15 is 0 Å². The Morgan fingerprint density at radius 1 is 1.06 bits per heavy atom. The molecule has 0 aromatic heterocycles. The average Bonchev–Trinajstić information content (AvgIpc) is 3.03. The van der Waals surface area contributed by atoms with Gasteiger partial charge in [-0.05, 0) is 42.8 Å². The van der Waals surface area contributed by atoms with Crippen molar-refractivity contribution in [2.75, 3.05) is 37.6 Å². The Labute approximate surface area is 199 Å². The predicted octanol–water partition coefficient (Wildman–Crippen LogP) is 3.47. The van der Waals surface area contributed by atoms with Crippen molar-refractivity contribution in [2.45, 2.75) is 18.6 Å². The maximum absolute atomic E-state index is 13.0. The second kappa shape index (κ2) is 8.83. The second-order valence-electron chi connectivity index (χ2n) is 8.37. The summed E-state index contributed by atoms with van der Waals surface area (Å²) in [6, 6.07) is 10.9. The molecule has 0 aliphatic carbocycles. The molecule has 2 aromatic carbocycles. The monoisotopic (exact) mass is 494 g/mol. The van der Waals surface area contributed by atoms with Crippen LogP contribution in [0.2, 0.25) is 5.02 Å². The lowest BCUT2D eigenvalue weighted by atomic mass is 9.92. The first-order valence-electron chi connectivity index (χ1n) is 10.6. The molecule has 2 aromatic rings. The molecule has 1 unspecified atom stereocenters. The van der Waals surface area contributed by atoms with Gasteiger partial charge in [-0.3, -0.25) is 14.5 Å². The number of carbonyl (C=O) groups is 3. The standard InChI is InChI=1S/C23H22ClF3N4O3/c1-22(15-5-7-17(24)8-6-15)20(33)31(21(34)28-22)14-19(32)30-11-9-29(10-12-30)18-4-2-3-16(13-18)23(25,26)27/h2-8,13H,9-12,14H2,1H3,(H,28,34). The summed E-state index contributed by atoms with van der Waals surface area (Å²) in [5.74, 6) is -0.955. The van der Waals surface area contributed by atoms with Gasteiger partial charge in [0.2, 0.25) is 5.91 Å². The van der Waals surface area contributed by atoms with Crippen LogP contribution < -0.4 is 10.2 Å². The molecule has 4 rings (SSSR count). The predicted molar refractivity (Wildman–Crippen MR) is 119 cm³/mol. The molecule has 2 aliphatic heterocycles. The lowest BCUT2D eigenvalue weighted by Gasteiger charge is -2.36. The first kappa shape index (κ1) is 23.9. The van der Waals surface area contributed by atoms with Gasteiger partial charge in [0, 0.05) is 36.9 Å². The number of carbonyl (C=O) groups excluding carboxylic acids is 3. The molecule has 1 atom stereocenters. The summed E-state index contributed by atoms with van der Waals surface area (Å²) in [6.45, 7) is 2.32. The molecule has 11 heteroatoms. The fraction of sp³-hybridized carbons (Fsp3) is 0.348. The average molecular weight is 495 g/mol. The van der Waals surface area contributed by atoms with Gasteiger partial charge in [0.1, 0.15) is 12.1 Å². The van der Waals surface area contributed by atoms with E-state index in [2.05, 4.69) is 5.32 Å². The molecule has 2 saturated heterocycles. The molecule has 2 heterocycles. The van der Waals surface area contributed by atoms with Gasteiger partial charge in [0.05, 0.1) is 5.56 Å². The summed E-state index contributed by atoms with van der Waals surface area (Å²) < 4.78 is 39.0. The highest BCUT2D eigenvalue weighted by molar-refractivity contribution is 6.30. The third-order valence-electron chi connectivity index (χ3n) is 6.16. The Kier molecular flexibility index (Phi) is 6.20. The third kappa shape index (κ3) is 4.54. The minimum atomic E-state index is -4.43. The molecule has 0 radical (unpaired) electrons. The zero-order valence-corrected chi connectivity index (χ0v) is 19.0. The van der Waals surface area contributed by atoms with E-state index in [1.54, 1.807) is 42.2 Å². The van der Waals surface area contributed by atoms with Crippen molar-refractivity contribution in [3.63, 3.8) is 0 Å². The number of nitrogens with one attached hydrogen (secondary N) is 1. The van der Waals surface area contributed by atoms with Gasteiger partial charge in [0.25, 0.3) is 5.91 Å². The molecule has 0 bridgehead atoms. The molecule has 2 fully saturated rings. The van der Waals surface area contributed by atoms with E-state index in [1.807, 2.05) is 0 Å². The van der Waals surface area contributed by atoms with E-state index in [1.165, 1.54) is 11.0 Å². The number of amides is 4. The lowest BCUT2D eigenvalue weighted by Crippen LogP contribution is -2.52. The smallest absolute Gasteiger partial charge is 0.368 e. The third-order valence-corrected chi connectivity index (χ3v) is 6.41. The number of nitrogens with zero attached hydrogens (tertiary/aromatic N) is 3. The van der Waals surface area contributed by atoms with Crippen LogP contribution in [-0.2, 0) is 21.3 Å². The number of benzene rings is 2. The molecule has 34 heavy (non-hydrogen) atoms. The van der Waals surface area contributed by atoms with Crippen molar-refractivity contribution < 1.29 is 27.6 Å². The lowest BCUT2D eigenvalue weighted by molar-refractivity contribution is -0.139. The van der Waals surface area contributed by atoms with Crippen molar-refractivity contribution >= 4 is 35.1 Å². The normalized spacial score (nSPS) is 21.1. The molecular weight excluding hydrogens is 473 g/mol. The Hall–Kier alpha value is -3.27. The first-order valence-corrected chi connectivity index (χ1v) is 11.0. The van der Waals surface area contributed by atoms with Crippen LogP contribution in [0.3, 0.4) is 0 Å². The Morgan fingerprint density at radius 2 is 1.71 bits per heavy atom. The fourth-order valence-electron chi connectivity index (χ4n) is 4.15. The SMILES string of the molecule is CC1(c2ccc(Cl)cc2)NC(=O)N(CC(=O)N2CCN(c3cccc(C(F)(F)F)c3)CC2)C1=O. The summed E-state index contributed by atoms with van der Waals surface area (Å²) in [6.07, 6.45) is -4.43. The minimum absolute atomic E-state index is 0.257. The summed E-state index contributed by atoms with van der Waals surface area (Å²) >= 11 is 5.90. The number of hydrogen-bond donors (Lipinski definition) is 1. The van der Waals surface area contributed by atoms with Crippen LogP contribution in [0.25, 0.3) is 0 Å². The number of anilines is 1. The first-order chi connectivity index (χ1) is 16.0. The number of urea groups is 1. The highest BCUT2D eigenvalue weighted by Gasteiger charge is 2.49. The van der Waals surface area contributed by atoms with Crippen molar-refractivity contribution in [1.82, 2.24) is 15.1 Å². The second-order valence-corrected chi connectivity index (χ2v) is 8.81. The summed E-state index contributed by atoms with van der Waals surface area (Å²) in [4.78, 5) is 42.5. The van der Waals surface area contributed by atoms with Gasteiger partial charge in [0.15, 0.2) is 0 Å². The topological polar surface area (TPSA) is 73.0 Å². The summed E-state index contributed by atoms with van der Waals surface area (Å²) in [5.41, 5.74) is -1.08. The maximum atomic E-state index is 13.0. The maximum Gasteiger partial charge on any atom is 0.416 e.